The van der Waals surface area contributed by atoms with Crippen molar-refractivity contribution >= 4 is 56.8 Å². The first kappa shape index (κ1) is 30.3. The lowest BCUT2D eigenvalue weighted by Gasteiger charge is -2.40. The largest absolute Gasteiger partial charge is 0.478 e. The molecule has 2 fully saturated rings. The maximum Gasteiger partial charge on any atom is 0.328 e. The van der Waals surface area contributed by atoms with Crippen molar-refractivity contribution in [1.29, 1.82) is 0 Å². The Kier molecular flexibility index (Phi) is 7.97. The molecule has 2 saturated carbocycles. The van der Waals surface area contributed by atoms with Gasteiger partial charge in [-0.05, 0) is 92.0 Å². The highest BCUT2D eigenvalue weighted by molar-refractivity contribution is 7.21. The average Bonchev–Trinajstić information content (AvgIpc) is 3.55. The second-order valence-corrected chi connectivity index (χ2v) is 14.2. The number of carbonyl (C=O) groups excluding carboxylic acids is 2. The van der Waals surface area contributed by atoms with Crippen LogP contribution in [0.25, 0.3) is 27.6 Å². The van der Waals surface area contributed by atoms with E-state index in [4.69, 9.17) is 5.11 Å². The van der Waals surface area contributed by atoms with Crippen LogP contribution in [0.15, 0.2) is 54.6 Å². The molecule has 46 heavy (non-hydrogen) atoms. The van der Waals surface area contributed by atoms with Crippen molar-refractivity contribution in [2.75, 3.05) is 23.8 Å². The van der Waals surface area contributed by atoms with E-state index in [9.17, 15) is 14.4 Å². The maximum absolute atomic E-state index is 13.9. The topological polar surface area (TPSA) is 104 Å². The summed E-state index contributed by atoms with van der Waals surface area (Å²) in [6, 6.07) is 15.8. The fraction of sp³-hybridized carbons (Fsp3) is 0.378. The van der Waals surface area contributed by atoms with Crippen molar-refractivity contribution in [2.24, 2.45) is 0 Å². The molecule has 3 N–H and O–H groups in total. The lowest BCUT2D eigenvalue weighted by molar-refractivity contribution is -0.131. The molecule has 2 aromatic carbocycles. The Morgan fingerprint density at radius 2 is 1.74 bits per heavy atom. The number of anilines is 2. The van der Waals surface area contributed by atoms with Crippen molar-refractivity contribution in [1.82, 2.24) is 9.88 Å². The number of amides is 2. The molecule has 0 atom stereocenters. The number of carboxylic acids is 1. The number of carboxylic acid groups (broad SMARTS) is 1. The number of aryl methyl sites for hydroxylation is 1. The molecule has 9 heteroatoms. The van der Waals surface area contributed by atoms with Crippen LogP contribution in [0.1, 0.15) is 83.6 Å². The number of aromatic nitrogens is 1. The van der Waals surface area contributed by atoms with Gasteiger partial charge in [-0.15, -0.1) is 11.3 Å². The van der Waals surface area contributed by atoms with Crippen LogP contribution >= 0.6 is 11.3 Å². The quantitative estimate of drug-likeness (QED) is 0.182. The van der Waals surface area contributed by atoms with Gasteiger partial charge in [-0.25, -0.2) is 4.79 Å². The third-order valence-corrected chi connectivity index (χ3v) is 11.2. The highest BCUT2D eigenvalue weighted by Gasteiger charge is 2.46. The standard InChI is InChI=1S/C37H40N4O4S/c1-23-9-15-27-28(21-23)40(2)19-20-41-29-22-30(46-34(29)32(33(27)41)25-7-4-3-5-8-25)35(44)39-37(17-6-18-37)36(45)38-26-13-10-24(11-14-26)12-16-31(42)43/h9-16,21-22,25H,3-8,17-20H2,1-2H3,(H,38,45)(H,39,44)(H,42,43)/b16-12+. The summed E-state index contributed by atoms with van der Waals surface area (Å²) >= 11 is 1.58. The number of nitrogens with one attached hydrogen (secondary N) is 2. The molecule has 0 saturated heterocycles. The summed E-state index contributed by atoms with van der Waals surface area (Å²) in [6.45, 7) is 3.88. The first-order chi connectivity index (χ1) is 22.2. The van der Waals surface area contributed by atoms with Gasteiger partial charge in [-0.2, -0.15) is 0 Å². The molecule has 0 spiro atoms. The van der Waals surface area contributed by atoms with Gasteiger partial charge in [0, 0.05) is 43.2 Å². The summed E-state index contributed by atoms with van der Waals surface area (Å²) in [5.41, 5.74) is 8.00. The number of benzene rings is 2. The lowest BCUT2D eigenvalue weighted by Crippen LogP contribution is -2.61. The predicted molar refractivity (Wildman–Crippen MR) is 185 cm³/mol. The number of likely N-dealkylation sites (N-methyl/N-ethyl adjacent to an activating group) is 1. The average molecular weight is 637 g/mol. The van der Waals surface area contributed by atoms with E-state index < -0.39 is 11.5 Å². The zero-order chi connectivity index (χ0) is 32.0. The smallest absolute Gasteiger partial charge is 0.328 e. The molecule has 238 valence electrons. The molecule has 1 aliphatic heterocycles. The fourth-order valence-electron chi connectivity index (χ4n) is 7.39. The number of hydrogen-bond donors (Lipinski definition) is 3. The number of thiophene rings is 1. The molecule has 0 bridgehead atoms. The summed E-state index contributed by atoms with van der Waals surface area (Å²) in [5.74, 6) is -0.972. The predicted octanol–water partition coefficient (Wildman–Crippen LogP) is 7.56. The van der Waals surface area contributed by atoms with Crippen LogP contribution in [0.5, 0.6) is 0 Å². The van der Waals surface area contributed by atoms with Gasteiger partial charge in [-0.3, -0.25) is 9.59 Å². The molecular formula is C37H40N4O4S. The third kappa shape index (κ3) is 5.51. The Bertz CT molecular complexity index is 1860. The number of aliphatic carboxylic acids is 1. The number of carbonyl (C=O) groups is 3. The normalized spacial score (nSPS) is 17.7. The van der Waals surface area contributed by atoms with Crippen LogP contribution in [0, 0.1) is 6.92 Å². The molecule has 2 aromatic heterocycles. The summed E-state index contributed by atoms with van der Waals surface area (Å²) in [4.78, 5) is 41.3. The second-order valence-electron chi connectivity index (χ2n) is 13.2. The number of rotatable bonds is 7. The zero-order valence-corrected chi connectivity index (χ0v) is 27.2. The molecule has 7 rings (SSSR count). The first-order valence-electron chi connectivity index (χ1n) is 16.4. The zero-order valence-electron chi connectivity index (χ0n) is 26.4. The molecule has 2 amide bonds. The van der Waals surface area contributed by atoms with Gasteiger partial charge in [0.25, 0.3) is 5.91 Å². The maximum atomic E-state index is 13.9. The van der Waals surface area contributed by atoms with Crippen LogP contribution in [0.4, 0.5) is 11.4 Å². The van der Waals surface area contributed by atoms with Gasteiger partial charge < -0.3 is 25.2 Å². The summed E-state index contributed by atoms with van der Waals surface area (Å²) in [5, 5.41) is 15.0. The highest BCUT2D eigenvalue weighted by Crippen LogP contribution is 2.49. The molecule has 3 aliphatic rings. The van der Waals surface area contributed by atoms with E-state index in [0.29, 0.717) is 29.3 Å². The van der Waals surface area contributed by atoms with Gasteiger partial charge >= 0.3 is 5.97 Å². The van der Waals surface area contributed by atoms with Gasteiger partial charge in [0.15, 0.2) is 0 Å². The van der Waals surface area contributed by atoms with E-state index in [1.54, 1.807) is 35.6 Å². The minimum atomic E-state index is -1.02. The van der Waals surface area contributed by atoms with E-state index in [2.05, 4.69) is 58.3 Å². The molecule has 8 nitrogen and oxygen atoms in total. The van der Waals surface area contributed by atoms with Crippen molar-refractivity contribution in [3.63, 3.8) is 0 Å². The van der Waals surface area contributed by atoms with Crippen molar-refractivity contribution in [2.45, 2.75) is 76.3 Å². The van der Waals surface area contributed by atoms with E-state index in [-0.39, 0.29) is 11.8 Å². The van der Waals surface area contributed by atoms with E-state index in [1.165, 1.54) is 71.0 Å². The number of hydrogen-bond acceptors (Lipinski definition) is 5. The van der Waals surface area contributed by atoms with Crippen molar-refractivity contribution in [3.05, 3.63) is 76.2 Å². The van der Waals surface area contributed by atoms with Crippen molar-refractivity contribution in [3.8, 4) is 11.3 Å². The molecular weight excluding hydrogens is 596 g/mol. The summed E-state index contributed by atoms with van der Waals surface area (Å²) in [7, 11) is 2.17. The Morgan fingerprint density at radius 1 is 0.978 bits per heavy atom. The van der Waals surface area contributed by atoms with E-state index in [0.717, 1.165) is 36.7 Å². The Balaban J connectivity index is 1.19. The first-order valence-corrected chi connectivity index (χ1v) is 17.2. The number of fused-ring (bicyclic) bond motifs is 5. The molecule has 2 aliphatic carbocycles. The lowest BCUT2D eigenvalue weighted by atomic mass is 9.75. The SMILES string of the molecule is Cc1ccc2c(c1)N(C)CCn1c-2c(C2CCCCC2)c2sc(C(=O)NC3(C(=O)Nc4ccc(/C=C/C(=O)O)cc4)CCC3)cc21. The van der Waals surface area contributed by atoms with Crippen LogP contribution < -0.4 is 15.5 Å². The fourth-order valence-corrected chi connectivity index (χ4v) is 8.58. The highest BCUT2D eigenvalue weighted by atomic mass is 32.1. The van der Waals surface area contributed by atoms with Gasteiger partial charge in [0.2, 0.25) is 5.91 Å². The summed E-state index contributed by atoms with van der Waals surface area (Å²) < 4.78 is 3.66. The van der Waals surface area contributed by atoms with Crippen LogP contribution in [-0.4, -0.2) is 46.6 Å². The third-order valence-electron chi connectivity index (χ3n) is 10.1. The molecule has 3 heterocycles. The van der Waals surface area contributed by atoms with Crippen LogP contribution in [0.3, 0.4) is 0 Å². The minimum absolute atomic E-state index is 0.198. The summed E-state index contributed by atoms with van der Waals surface area (Å²) in [6.07, 6.45) is 10.7. The van der Waals surface area contributed by atoms with Gasteiger partial charge in [-0.1, -0.05) is 43.5 Å². The van der Waals surface area contributed by atoms with E-state index >= 15 is 0 Å². The Morgan fingerprint density at radius 3 is 2.43 bits per heavy atom. The van der Waals surface area contributed by atoms with Crippen LogP contribution in [0.2, 0.25) is 0 Å². The minimum Gasteiger partial charge on any atom is -0.478 e. The molecule has 0 unspecified atom stereocenters. The van der Waals surface area contributed by atoms with Crippen molar-refractivity contribution < 1.29 is 19.5 Å². The molecule has 4 aromatic rings. The second kappa shape index (κ2) is 12.1. The Hall–Kier alpha value is -4.37. The van der Waals surface area contributed by atoms with E-state index in [1.807, 2.05) is 0 Å². The monoisotopic (exact) mass is 636 g/mol. The van der Waals surface area contributed by atoms with Gasteiger partial charge in [0.1, 0.15) is 5.54 Å². The number of nitrogens with zero attached hydrogens (tertiary/aromatic N) is 2. The molecule has 0 radical (unpaired) electrons. The van der Waals surface area contributed by atoms with Crippen LogP contribution in [-0.2, 0) is 16.1 Å². The Labute approximate surface area is 273 Å². The van der Waals surface area contributed by atoms with Gasteiger partial charge in [0.05, 0.1) is 20.8 Å².